The van der Waals surface area contributed by atoms with Crippen LogP contribution < -0.4 is 21.1 Å². The zero-order chi connectivity index (χ0) is 17.2. The minimum atomic E-state index is -0.0268. The molecule has 0 spiro atoms. The second-order valence-electron chi connectivity index (χ2n) is 6.45. The highest BCUT2D eigenvalue weighted by atomic mass is 16.1. The summed E-state index contributed by atoms with van der Waals surface area (Å²) >= 11 is 0. The molecule has 132 valence electrons. The molecule has 25 heavy (non-hydrogen) atoms. The van der Waals surface area contributed by atoms with Gasteiger partial charge < -0.3 is 15.5 Å². The van der Waals surface area contributed by atoms with Gasteiger partial charge in [-0.25, -0.2) is 4.68 Å². The fraction of sp³-hybridized carbons (Fsp3) is 0.444. The summed E-state index contributed by atoms with van der Waals surface area (Å²) in [4.78, 5) is 17.5. The molecule has 1 aromatic heterocycles. The summed E-state index contributed by atoms with van der Waals surface area (Å²) in [5.41, 5.74) is 2.72. The van der Waals surface area contributed by atoms with E-state index in [0.29, 0.717) is 13.1 Å². The number of hydrogen-bond acceptors (Lipinski definition) is 6. The zero-order valence-corrected chi connectivity index (χ0v) is 14.5. The van der Waals surface area contributed by atoms with Gasteiger partial charge in [-0.05, 0) is 12.5 Å². The fourth-order valence-electron chi connectivity index (χ4n) is 3.59. The Kier molecular flexibility index (Phi) is 4.42. The molecule has 1 atom stereocenters. The molecule has 1 unspecified atom stereocenters. The third-order valence-electron chi connectivity index (χ3n) is 4.88. The van der Waals surface area contributed by atoms with Crippen LogP contribution in [0.3, 0.4) is 0 Å². The molecule has 7 heteroatoms. The van der Waals surface area contributed by atoms with E-state index >= 15 is 0 Å². The number of anilines is 2. The van der Waals surface area contributed by atoms with Crippen molar-refractivity contribution in [1.29, 1.82) is 0 Å². The average Bonchev–Trinajstić information content (AvgIpc) is 3.03. The largest absolute Gasteiger partial charge is 0.350 e. The lowest BCUT2D eigenvalue weighted by atomic mass is 10.2. The monoisotopic (exact) mass is 340 g/mol. The summed E-state index contributed by atoms with van der Waals surface area (Å²) < 4.78 is 1.53. The number of piperazine rings is 1. The number of aromatic nitrogens is 2. The average molecular weight is 340 g/mol. The summed E-state index contributed by atoms with van der Waals surface area (Å²) in [6.45, 7) is 7.04. The molecule has 0 radical (unpaired) electrons. The van der Waals surface area contributed by atoms with E-state index in [9.17, 15) is 4.79 Å². The van der Waals surface area contributed by atoms with Gasteiger partial charge in [0.2, 0.25) is 0 Å². The normalized spacial score (nSPS) is 20.4. The van der Waals surface area contributed by atoms with Crippen molar-refractivity contribution >= 4 is 11.4 Å². The smallest absolute Gasteiger partial charge is 0.292 e. The molecule has 3 heterocycles. The topological polar surface area (TPSA) is 65.4 Å². The number of aryl methyl sites for hydroxylation is 1. The van der Waals surface area contributed by atoms with E-state index in [0.717, 1.165) is 37.6 Å². The van der Waals surface area contributed by atoms with Crippen molar-refractivity contribution in [3.05, 3.63) is 52.4 Å². The standard InChI is InChI=1S/C18H24N6O/c1-2-24-17(25)16-15(12-20-24)21-18(22-10-8-19-9-11-22)23(16)13-14-6-4-3-5-7-14/h3-7,12,18-19,21H,2,8-11,13H2,1H3. The van der Waals surface area contributed by atoms with Crippen LogP contribution in [0.25, 0.3) is 0 Å². The van der Waals surface area contributed by atoms with Gasteiger partial charge in [0, 0.05) is 39.3 Å². The van der Waals surface area contributed by atoms with Gasteiger partial charge in [0.05, 0.1) is 11.9 Å². The van der Waals surface area contributed by atoms with Crippen LogP contribution in [-0.2, 0) is 13.1 Å². The third-order valence-corrected chi connectivity index (χ3v) is 4.88. The molecule has 1 aromatic carbocycles. The van der Waals surface area contributed by atoms with Crippen molar-refractivity contribution in [2.24, 2.45) is 0 Å². The van der Waals surface area contributed by atoms with Gasteiger partial charge in [-0.1, -0.05) is 30.3 Å². The Hall–Kier alpha value is -2.38. The van der Waals surface area contributed by atoms with Gasteiger partial charge in [-0.15, -0.1) is 0 Å². The Bertz CT molecular complexity index is 784. The van der Waals surface area contributed by atoms with Crippen LogP contribution in [0.4, 0.5) is 11.4 Å². The lowest BCUT2D eigenvalue weighted by molar-refractivity contribution is 0.188. The van der Waals surface area contributed by atoms with Crippen LogP contribution in [-0.4, -0.2) is 47.1 Å². The molecule has 2 N–H and O–H groups in total. The first-order chi connectivity index (χ1) is 12.3. The lowest BCUT2D eigenvalue weighted by Crippen LogP contribution is -2.56. The van der Waals surface area contributed by atoms with Crippen LogP contribution in [0.1, 0.15) is 12.5 Å². The maximum atomic E-state index is 12.9. The highest BCUT2D eigenvalue weighted by Crippen LogP contribution is 2.33. The van der Waals surface area contributed by atoms with E-state index < -0.39 is 0 Å². The van der Waals surface area contributed by atoms with E-state index in [1.165, 1.54) is 10.2 Å². The van der Waals surface area contributed by atoms with Crippen LogP contribution in [0, 0.1) is 0 Å². The molecule has 0 saturated carbocycles. The molecule has 2 aliphatic rings. The van der Waals surface area contributed by atoms with Gasteiger partial charge in [0.1, 0.15) is 5.69 Å². The SMILES string of the molecule is CCn1ncc2c(c1=O)N(Cc1ccccc1)C(N1CCNCC1)N2. The van der Waals surface area contributed by atoms with Crippen molar-refractivity contribution < 1.29 is 0 Å². The Morgan fingerprint density at radius 1 is 1.20 bits per heavy atom. The molecule has 1 saturated heterocycles. The first kappa shape index (κ1) is 16.1. The molecule has 7 nitrogen and oxygen atoms in total. The first-order valence-corrected chi connectivity index (χ1v) is 8.90. The van der Waals surface area contributed by atoms with Crippen molar-refractivity contribution in [2.75, 3.05) is 36.4 Å². The number of nitrogens with zero attached hydrogens (tertiary/aromatic N) is 4. The molecule has 0 bridgehead atoms. The highest BCUT2D eigenvalue weighted by Gasteiger charge is 2.36. The number of fused-ring (bicyclic) bond motifs is 1. The van der Waals surface area contributed by atoms with Gasteiger partial charge in [0.15, 0.2) is 6.29 Å². The zero-order valence-electron chi connectivity index (χ0n) is 14.5. The van der Waals surface area contributed by atoms with Crippen molar-refractivity contribution in [2.45, 2.75) is 26.3 Å². The van der Waals surface area contributed by atoms with Crippen molar-refractivity contribution in [3.8, 4) is 0 Å². The maximum absolute atomic E-state index is 12.9. The van der Waals surface area contributed by atoms with Crippen LogP contribution in [0.2, 0.25) is 0 Å². The molecule has 1 fully saturated rings. The second kappa shape index (κ2) is 6.85. The maximum Gasteiger partial charge on any atom is 0.292 e. The first-order valence-electron chi connectivity index (χ1n) is 8.90. The molecule has 2 aromatic rings. The number of hydrogen-bond donors (Lipinski definition) is 2. The predicted molar refractivity (Wildman–Crippen MR) is 98.6 cm³/mol. The lowest BCUT2D eigenvalue weighted by Gasteiger charge is -2.38. The molecular weight excluding hydrogens is 316 g/mol. The predicted octanol–water partition coefficient (Wildman–Crippen LogP) is 0.884. The van der Waals surface area contributed by atoms with E-state index in [1.807, 2.05) is 25.1 Å². The third kappa shape index (κ3) is 3.01. The molecule has 0 aliphatic carbocycles. The quantitative estimate of drug-likeness (QED) is 0.862. The van der Waals surface area contributed by atoms with Crippen LogP contribution >= 0.6 is 0 Å². The van der Waals surface area contributed by atoms with Gasteiger partial charge in [0.25, 0.3) is 5.56 Å². The van der Waals surface area contributed by atoms with E-state index in [-0.39, 0.29) is 11.8 Å². The summed E-state index contributed by atoms with van der Waals surface area (Å²) in [6, 6.07) is 10.3. The van der Waals surface area contributed by atoms with Crippen LogP contribution in [0.15, 0.2) is 41.3 Å². The van der Waals surface area contributed by atoms with Gasteiger partial charge in [-0.3, -0.25) is 9.69 Å². The van der Waals surface area contributed by atoms with E-state index in [4.69, 9.17) is 0 Å². The minimum Gasteiger partial charge on any atom is -0.350 e. The molecule has 0 amide bonds. The summed E-state index contributed by atoms with van der Waals surface area (Å²) in [5, 5.41) is 11.2. The molecule has 2 aliphatic heterocycles. The Balaban J connectivity index is 1.72. The summed E-state index contributed by atoms with van der Waals surface area (Å²) in [5.74, 6) is 0. The number of nitrogens with one attached hydrogen (secondary N) is 2. The minimum absolute atomic E-state index is 0.0143. The van der Waals surface area contributed by atoms with Gasteiger partial charge in [-0.2, -0.15) is 5.10 Å². The van der Waals surface area contributed by atoms with E-state index in [1.54, 1.807) is 6.20 Å². The number of benzene rings is 1. The van der Waals surface area contributed by atoms with Crippen molar-refractivity contribution in [3.63, 3.8) is 0 Å². The van der Waals surface area contributed by atoms with E-state index in [2.05, 4.69) is 37.7 Å². The molecule has 4 rings (SSSR count). The summed E-state index contributed by atoms with van der Waals surface area (Å²) in [7, 11) is 0. The Labute approximate surface area is 147 Å². The van der Waals surface area contributed by atoms with Crippen LogP contribution in [0.5, 0.6) is 0 Å². The summed E-state index contributed by atoms with van der Waals surface area (Å²) in [6.07, 6.45) is 1.76. The fourth-order valence-corrected chi connectivity index (χ4v) is 3.59. The molecular formula is C18H24N6O. The second-order valence-corrected chi connectivity index (χ2v) is 6.45. The van der Waals surface area contributed by atoms with Gasteiger partial charge >= 0.3 is 0 Å². The Morgan fingerprint density at radius 3 is 2.68 bits per heavy atom. The van der Waals surface area contributed by atoms with Crippen molar-refractivity contribution in [1.82, 2.24) is 20.0 Å². The number of rotatable bonds is 4. The highest BCUT2D eigenvalue weighted by molar-refractivity contribution is 5.74. The Morgan fingerprint density at radius 2 is 1.96 bits per heavy atom.